The SMILES string of the molecule is Cc1ccc(NC(=O)C2(c3ccc(Cl)cc3)CCOCC2)cc1S(=O)(=O)N1CCCCC1. The Balaban J connectivity index is 1.63. The number of benzene rings is 2. The molecule has 0 aromatic heterocycles. The molecule has 0 bridgehead atoms. The Morgan fingerprint density at radius 3 is 2.34 bits per heavy atom. The first kappa shape index (κ1) is 23.2. The van der Waals surface area contributed by atoms with Gasteiger partial charge in [-0.05, 0) is 68.0 Å². The Labute approximate surface area is 195 Å². The summed E-state index contributed by atoms with van der Waals surface area (Å²) in [5.41, 5.74) is 1.29. The first-order valence-electron chi connectivity index (χ1n) is 11.1. The van der Waals surface area contributed by atoms with Crippen LogP contribution >= 0.6 is 11.6 Å². The lowest BCUT2D eigenvalue weighted by atomic mass is 9.73. The van der Waals surface area contributed by atoms with E-state index in [2.05, 4.69) is 5.32 Å². The van der Waals surface area contributed by atoms with Crippen LogP contribution < -0.4 is 5.32 Å². The summed E-state index contributed by atoms with van der Waals surface area (Å²) >= 11 is 6.06. The summed E-state index contributed by atoms with van der Waals surface area (Å²) in [6, 6.07) is 12.4. The molecule has 8 heteroatoms. The number of anilines is 1. The van der Waals surface area contributed by atoms with E-state index in [1.54, 1.807) is 41.6 Å². The fourth-order valence-electron chi connectivity index (χ4n) is 4.59. The van der Waals surface area contributed by atoms with Gasteiger partial charge in [-0.1, -0.05) is 36.2 Å². The zero-order valence-corrected chi connectivity index (χ0v) is 19.8. The maximum absolute atomic E-state index is 13.6. The van der Waals surface area contributed by atoms with Crippen molar-refractivity contribution < 1.29 is 17.9 Å². The fourth-order valence-corrected chi connectivity index (χ4v) is 6.48. The highest BCUT2D eigenvalue weighted by Gasteiger charge is 2.42. The average molecular weight is 477 g/mol. The number of carbonyl (C=O) groups is 1. The Morgan fingerprint density at radius 1 is 1.03 bits per heavy atom. The molecule has 0 aliphatic carbocycles. The number of sulfonamides is 1. The summed E-state index contributed by atoms with van der Waals surface area (Å²) in [6.07, 6.45) is 3.90. The number of aryl methyl sites for hydroxylation is 1. The lowest BCUT2D eigenvalue weighted by Gasteiger charge is -2.36. The lowest BCUT2D eigenvalue weighted by Crippen LogP contribution is -2.44. The second-order valence-corrected chi connectivity index (χ2v) is 10.9. The molecule has 2 aliphatic heterocycles. The highest BCUT2D eigenvalue weighted by molar-refractivity contribution is 7.89. The number of halogens is 1. The van der Waals surface area contributed by atoms with Gasteiger partial charge in [-0.3, -0.25) is 4.79 Å². The fraction of sp³-hybridized carbons (Fsp3) is 0.458. The summed E-state index contributed by atoms with van der Waals surface area (Å²) in [5.74, 6) is -0.159. The van der Waals surface area contributed by atoms with Crippen LogP contribution in [0.1, 0.15) is 43.2 Å². The van der Waals surface area contributed by atoms with E-state index >= 15 is 0 Å². The van der Waals surface area contributed by atoms with Crippen LogP contribution in [0.3, 0.4) is 0 Å². The van der Waals surface area contributed by atoms with Gasteiger partial charge in [0.1, 0.15) is 0 Å². The Kier molecular flexibility index (Phi) is 6.91. The van der Waals surface area contributed by atoms with Crippen molar-refractivity contribution in [3.05, 3.63) is 58.6 Å². The van der Waals surface area contributed by atoms with Crippen molar-refractivity contribution in [3.63, 3.8) is 0 Å². The molecule has 2 fully saturated rings. The van der Waals surface area contributed by atoms with Crippen LogP contribution in [0.4, 0.5) is 5.69 Å². The Hall–Kier alpha value is -1.93. The number of hydrogen-bond donors (Lipinski definition) is 1. The minimum Gasteiger partial charge on any atom is -0.381 e. The van der Waals surface area contributed by atoms with Gasteiger partial charge in [0.15, 0.2) is 0 Å². The number of piperidine rings is 1. The van der Waals surface area contributed by atoms with Gasteiger partial charge in [0.2, 0.25) is 15.9 Å². The van der Waals surface area contributed by atoms with E-state index in [4.69, 9.17) is 16.3 Å². The number of amides is 1. The highest BCUT2D eigenvalue weighted by atomic mass is 35.5. The van der Waals surface area contributed by atoms with Crippen molar-refractivity contribution in [2.45, 2.75) is 49.3 Å². The molecule has 0 saturated carbocycles. The highest BCUT2D eigenvalue weighted by Crippen LogP contribution is 2.37. The second-order valence-electron chi connectivity index (χ2n) is 8.60. The summed E-state index contributed by atoms with van der Waals surface area (Å²) in [4.78, 5) is 13.8. The van der Waals surface area contributed by atoms with Gasteiger partial charge in [-0.25, -0.2) is 8.42 Å². The summed E-state index contributed by atoms with van der Waals surface area (Å²) in [6.45, 7) is 3.84. The van der Waals surface area contributed by atoms with Crippen molar-refractivity contribution in [1.82, 2.24) is 4.31 Å². The van der Waals surface area contributed by atoms with E-state index in [-0.39, 0.29) is 10.8 Å². The Morgan fingerprint density at radius 2 is 1.69 bits per heavy atom. The monoisotopic (exact) mass is 476 g/mol. The molecule has 0 spiro atoms. The molecule has 32 heavy (non-hydrogen) atoms. The van der Waals surface area contributed by atoms with Crippen LogP contribution in [-0.4, -0.2) is 44.9 Å². The molecule has 4 rings (SSSR count). The van der Waals surface area contributed by atoms with Crippen LogP contribution in [0.25, 0.3) is 0 Å². The maximum atomic E-state index is 13.6. The zero-order valence-electron chi connectivity index (χ0n) is 18.3. The molecule has 2 aromatic rings. The van der Waals surface area contributed by atoms with Gasteiger partial charge in [0.25, 0.3) is 0 Å². The van der Waals surface area contributed by atoms with E-state index in [9.17, 15) is 13.2 Å². The summed E-state index contributed by atoms with van der Waals surface area (Å²) in [7, 11) is -3.60. The van der Waals surface area contributed by atoms with Crippen LogP contribution in [0.2, 0.25) is 5.02 Å². The van der Waals surface area contributed by atoms with Gasteiger partial charge in [0.05, 0.1) is 10.3 Å². The molecule has 0 radical (unpaired) electrons. The van der Waals surface area contributed by atoms with Crippen molar-refractivity contribution in [2.24, 2.45) is 0 Å². The van der Waals surface area contributed by atoms with Crippen molar-refractivity contribution in [3.8, 4) is 0 Å². The molecule has 0 atom stereocenters. The van der Waals surface area contributed by atoms with Gasteiger partial charge in [0, 0.05) is 37.0 Å². The molecule has 2 saturated heterocycles. The maximum Gasteiger partial charge on any atom is 0.243 e. The summed E-state index contributed by atoms with van der Waals surface area (Å²) < 4.78 is 33.6. The van der Waals surface area contributed by atoms with Crippen LogP contribution in [0, 0.1) is 6.92 Å². The molecule has 2 heterocycles. The normalized spacial score (nSPS) is 19.4. The van der Waals surface area contributed by atoms with Crippen LogP contribution in [0.5, 0.6) is 0 Å². The third kappa shape index (κ3) is 4.57. The second kappa shape index (κ2) is 9.51. The largest absolute Gasteiger partial charge is 0.381 e. The molecule has 6 nitrogen and oxygen atoms in total. The molecular weight excluding hydrogens is 448 g/mol. The zero-order chi connectivity index (χ0) is 22.8. The van der Waals surface area contributed by atoms with Gasteiger partial charge < -0.3 is 10.1 Å². The van der Waals surface area contributed by atoms with E-state index in [0.29, 0.717) is 55.4 Å². The first-order chi connectivity index (χ1) is 15.3. The third-order valence-electron chi connectivity index (χ3n) is 6.56. The van der Waals surface area contributed by atoms with Gasteiger partial charge in [-0.2, -0.15) is 4.31 Å². The minimum absolute atomic E-state index is 0.159. The van der Waals surface area contributed by atoms with Crippen molar-refractivity contribution in [2.75, 3.05) is 31.6 Å². The molecule has 2 aliphatic rings. The molecule has 2 aromatic carbocycles. The van der Waals surface area contributed by atoms with E-state index < -0.39 is 15.4 Å². The van der Waals surface area contributed by atoms with E-state index in [0.717, 1.165) is 24.8 Å². The van der Waals surface area contributed by atoms with Crippen LogP contribution in [-0.2, 0) is 25.0 Å². The smallest absolute Gasteiger partial charge is 0.243 e. The van der Waals surface area contributed by atoms with Crippen molar-refractivity contribution in [1.29, 1.82) is 0 Å². The quantitative estimate of drug-likeness (QED) is 0.688. The predicted molar refractivity (Wildman–Crippen MR) is 126 cm³/mol. The molecular formula is C24H29ClN2O4S. The van der Waals surface area contributed by atoms with E-state index in [1.165, 1.54) is 0 Å². The standard InChI is InChI=1S/C24H29ClN2O4S/c1-18-5-10-21(17-22(18)32(29,30)27-13-3-2-4-14-27)26-23(28)24(11-15-31-16-12-24)19-6-8-20(25)9-7-19/h5-10,17H,2-4,11-16H2,1H3,(H,26,28). The van der Waals surface area contributed by atoms with Gasteiger partial charge >= 0.3 is 0 Å². The minimum atomic E-state index is -3.60. The average Bonchev–Trinajstić information content (AvgIpc) is 2.81. The molecule has 172 valence electrons. The van der Waals surface area contributed by atoms with Gasteiger partial charge in [-0.15, -0.1) is 0 Å². The number of carbonyl (C=O) groups excluding carboxylic acids is 1. The molecule has 0 unspecified atom stereocenters. The number of nitrogens with one attached hydrogen (secondary N) is 1. The number of rotatable bonds is 5. The Bertz CT molecular complexity index is 1070. The van der Waals surface area contributed by atoms with Crippen molar-refractivity contribution >= 4 is 33.2 Å². The molecule has 1 N–H and O–H groups in total. The number of ether oxygens (including phenoxy) is 1. The molecule has 1 amide bonds. The third-order valence-corrected chi connectivity index (χ3v) is 8.85. The van der Waals surface area contributed by atoms with E-state index in [1.807, 2.05) is 12.1 Å². The van der Waals surface area contributed by atoms with Crippen LogP contribution in [0.15, 0.2) is 47.4 Å². The number of hydrogen-bond acceptors (Lipinski definition) is 4. The number of nitrogens with zero attached hydrogens (tertiary/aromatic N) is 1. The topological polar surface area (TPSA) is 75.7 Å². The summed E-state index contributed by atoms with van der Waals surface area (Å²) in [5, 5.41) is 3.61. The predicted octanol–water partition coefficient (Wildman–Crippen LogP) is 4.51. The first-order valence-corrected chi connectivity index (χ1v) is 12.9. The lowest BCUT2D eigenvalue weighted by molar-refractivity contribution is -0.125.